The Kier molecular flexibility index (Phi) is 21.6. The van der Waals surface area contributed by atoms with E-state index in [4.69, 9.17) is 28.7 Å². The molecule has 1 aromatic heterocycles. The summed E-state index contributed by atoms with van der Waals surface area (Å²) in [7, 11) is 0. The highest BCUT2D eigenvalue weighted by atomic mass is 32.2. The number of aromatic amines is 1. The largest absolute Gasteiger partial charge is 0.478 e. The molecular formula is C64H73N5O14S. The number of allylic oxidation sites excluding steroid dienone is 1. The van der Waals surface area contributed by atoms with Crippen LogP contribution in [0.15, 0.2) is 125 Å². The van der Waals surface area contributed by atoms with E-state index in [-0.39, 0.29) is 94.4 Å². The summed E-state index contributed by atoms with van der Waals surface area (Å²) in [4.78, 5) is 116. The maximum Gasteiger partial charge on any atom is 0.342 e. The highest BCUT2D eigenvalue weighted by molar-refractivity contribution is 8.00. The molecule has 3 aliphatic rings. The van der Waals surface area contributed by atoms with E-state index in [1.165, 1.54) is 25.1 Å². The fourth-order valence-corrected chi connectivity index (χ4v) is 12.6. The van der Waals surface area contributed by atoms with Crippen molar-refractivity contribution in [2.75, 3.05) is 18.5 Å². The molecule has 2 amide bonds. The second kappa shape index (κ2) is 28.8. The minimum Gasteiger partial charge on any atom is -0.478 e. The lowest BCUT2D eigenvalue weighted by atomic mass is 9.75. The van der Waals surface area contributed by atoms with Crippen molar-refractivity contribution in [3.63, 3.8) is 0 Å². The van der Waals surface area contributed by atoms with Gasteiger partial charge in [0.1, 0.15) is 54.0 Å². The average molecular weight is 1170 g/mol. The molecule has 7 rings (SSSR count). The van der Waals surface area contributed by atoms with Gasteiger partial charge in [-0.1, -0.05) is 115 Å². The third-order valence-corrected chi connectivity index (χ3v) is 16.3. The number of amides is 2. The van der Waals surface area contributed by atoms with E-state index in [0.717, 1.165) is 49.6 Å². The number of carbonyl (C=O) groups is 8. The van der Waals surface area contributed by atoms with E-state index in [9.17, 15) is 33.9 Å². The zero-order valence-electron chi connectivity index (χ0n) is 48.4. The summed E-state index contributed by atoms with van der Waals surface area (Å²) in [5.41, 5.74) is 1.72. The molecule has 0 bridgehead atoms. The molecule has 20 heteroatoms. The first-order valence-corrected chi connectivity index (χ1v) is 28.9. The van der Waals surface area contributed by atoms with Crippen LogP contribution in [0, 0.1) is 35.5 Å². The minimum atomic E-state index is -1.28. The molecular weight excluding hydrogens is 1090 g/mol. The first-order chi connectivity index (χ1) is 40.1. The molecule has 0 saturated heterocycles. The van der Waals surface area contributed by atoms with Crippen LogP contribution in [0.5, 0.6) is 5.75 Å². The van der Waals surface area contributed by atoms with Crippen LogP contribution in [-0.2, 0) is 47.7 Å². The molecule has 6 atom stereocenters. The second-order valence-electron chi connectivity index (χ2n) is 22.1. The first-order valence-electron chi connectivity index (χ1n) is 28.0. The van der Waals surface area contributed by atoms with Crippen molar-refractivity contribution in [1.82, 2.24) is 15.6 Å². The number of aromatic nitrogens is 1. The molecule has 0 spiro atoms. The Morgan fingerprint density at radius 3 is 1.79 bits per heavy atom. The van der Waals surface area contributed by atoms with Gasteiger partial charge in [0.05, 0.1) is 34.3 Å². The van der Waals surface area contributed by atoms with Crippen LogP contribution in [-0.4, -0.2) is 107 Å². The van der Waals surface area contributed by atoms with Crippen molar-refractivity contribution in [2.24, 2.45) is 40.5 Å². The van der Waals surface area contributed by atoms with Gasteiger partial charge in [-0.3, -0.25) is 19.7 Å². The number of carboxylic acid groups (broad SMARTS) is 1. The highest BCUT2D eigenvalue weighted by Crippen LogP contribution is 2.43. The summed E-state index contributed by atoms with van der Waals surface area (Å²) < 4.78 is 28.5. The Morgan fingerprint density at radius 1 is 0.726 bits per heavy atom. The van der Waals surface area contributed by atoms with E-state index in [2.05, 4.69) is 47.9 Å². The van der Waals surface area contributed by atoms with Crippen molar-refractivity contribution in [3.8, 4) is 16.9 Å². The average Bonchev–Trinajstić information content (AvgIpc) is 3.23. The zero-order valence-corrected chi connectivity index (χ0v) is 49.2. The molecule has 2 saturated carbocycles. The number of aromatic carboxylic acids is 1. The van der Waals surface area contributed by atoms with Gasteiger partial charge in [-0.15, -0.1) is 11.8 Å². The summed E-state index contributed by atoms with van der Waals surface area (Å²) in [6.45, 7) is 22.0. The van der Waals surface area contributed by atoms with Crippen molar-refractivity contribution in [1.29, 1.82) is 0 Å². The molecule has 5 N–H and O–H groups in total. The maximum atomic E-state index is 15.2. The van der Waals surface area contributed by atoms with E-state index in [1.807, 2.05) is 33.8 Å². The van der Waals surface area contributed by atoms with Crippen molar-refractivity contribution in [2.45, 2.75) is 116 Å². The Labute approximate surface area is 493 Å². The quantitative estimate of drug-likeness (QED) is 0.0152. The first kappa shape index (κ1) is 63.2. The van der Waals surface area contributed by atoms with Gasteiger partial charge in [0.25, 0.3) is 6.47 Å². The van der Waals surface area contributed by atoms with Gasteiger partial charge >= 0.3 is 29.8 Å². The Hall–Kier alpha value is -8.36. The normalized spacial score (nSPS) is 22.4. The second-order valence-corrected chi connectivity index (χ2v) is 23.6. The molecule has 6 unspecified atom stereocenters. The Balaban J connectivity index is 1.40. The summed E-state index contributed by atoms with van der Waals surface area (Å²) in [5.74, 6) is -5.08. The predicted molar refractivity (Wildman–Crippen MR) is 318 cm³/mol. The molecule has 0 radical (unpaired) electrons. The summed E-state index contributed by atoms with van der Waals surface area (Å²) >= 11 is 0.985. The SMILES string of the molecule is C=CC(=O)OCC(COC(=O)C=C)NC(C)C(=O)NC1=N/C(=C\c2[nH]c(NC(=O)C(C)Sc3cc(OC=O)cc(C(=O)O)c3)c(C(=O)OC3C(C)CC(C)CC3C)c2-c2ccccc2)C(c2ccccc2)=C1C(=O)OC1C(C)CC(C)CC1C. The smallest absolute Gasteiger partial charge is 0.342 e. The molecule has 1 aliphatic heterocycles. The number of esters is 4. The lowest BCUT2D eigenvalue weighted by molar-refractivity contribution is -0.152. The van der Waals surface area contributed by atoms with Crippen LogP contribution in [0.1, 0.15) is 113 Å². The van der Waals surface area contributed by atoms with Crippen LogP contribution >= 0.6 is 11.8 Å². The van der Waals surface area contributed by atoms with Crippen LogP contribution in [0.25, 0.3) is 22.8 Å². The molecule has 2 aliphatic carbocycles. The number of aliphatic imine (C=N–C) groups is 1. The van der Waals surface area contributed by atoms with Gasteiger partial charge in [-0.2, -0.15) is 0 Å². The number of benzene rings is 3. The van der Waals surface area contributed by atoms with Crippen LogP contribution in [0.2, 0.25) is 0 Å². The number of nitrogens with zero attached hydrogens (tertiary/aromatic N) is 1. The van der Waals surface area contributed by atoms with Crippen LogP contribution in [0.3, 0.4) is 0 Å². The standard InChI is InChI=1S/C64H73N5O14S/c1-11-50(71)79-31-45(32-80-51(72)12-2)65-40(9)60(73)68-58-54(63(77)82-56-36(5)23-34(3)24-37(56)6)52(42-19-15-13-16-20-42)48(66-58)30-49-53(43-21-17-14-18-22-43)55(64(78)83-57-38(7)25-35(4)26-39(57)8)59(67-49)69-61(74)41(10)84-47-28-44(62(75)76)27-46(29-47)81-33-70/h11-22,27-30,33-41,45,56-57,65,67H,1-2,23-26,31-32H2,3-10H3,(H,69,74)(H,75,76)(H,66,68,73)/b48-30-. The highest BCUT2D eigenvalue weighted by Gasteiger charge is 2.41. The fourth-order valence-electron chi connectivity index (χ4n) is 11.6. The van der Waals surface area contributed by atoms with Crippen LogP contribution in [0.4, 0.5) is 5.82 Å². The fraction of sp³-hybridized carbons (Fsp3) is 0.391. The molecule has 4 aromatic rings. The monoisotopic (exact) mass is 1170 g/mol. The lowest BCUT2D eigenvalue weighted by Crippen LogP contribution is -2.51. The number of H-pyrrole nitrogens is 1. The predicted octanol–water partition coefficient (Wildman–Crippen LogP) is 10.0. The third kappa shape index (κ3) is 15.8. The van der Waals surface area contributed by atoms with Crippen molar-refractivity contribution >= 4 is 83.2 Å². The lowest BCUT2D eigenvalue weighted by Gasteiger charge is -2.37. The van der Waals surface area contributed by atoms with Gasteiger partial charge in [-0.25, -0.2) is 29.0 Å². The number of hydrogen-bond acceptors (Lipinski definition) is 16. The number of amidine groups is 1. The number of carbonyl (C=O) groups excluding carboxylic acids is 7. The number of ether oxygens (including phenoxy) is 5. The number of nitrogens with one attached hydrogen (secondary N) is 4. The Morgan fingerprint density at radius 2 is 1.26 bits per heavy atom. The Bertz CT molecular complexity index is 3200. The van der Waals surface area contributed by atoms with Gasteiger partial charge in [0.2, 0.25) is 11.8 Å². The van der Waals surface area contributed by atoms with Gasteiger partial charge in [0, 0.05) is 28.2 Å². The van der Waals surface area contributed by atoms with E-state index in [0.29, 0.717) is 33.4 Å². The van der Waals surface area contributed by atoms with Crippen LogP contribution < -0.4 is 20.7 Å². The number of carboxylic acids is 1. The maximum absolute atomic E-state index is 15.2. The van der Waals surface area contributed by atoms with E-state index >= 15 is 9.59 Å². The molecule has 2 heterocycles. The minimum absolute atomic E-state index is 0.00732. The van der Waals surface area contributed by atoms with E-state index < -0.39 is 71.2 Å². The molecule has 444 valence electrons. The van der Waals surface area contributed by atoms with Crippen molar-refractivity contribution in [3.05, 3.63) is 138 Å². The van der Waals surface area contributed by atoms with Gasteiger partial charge < -0.3 is 44.4 Å². The summed E-state index contributed by atoms with van der Waals surface area (Å²) in [6.07, 6.45) is 5.83. The molecule has 3 aromatic carbocycles. The van der Waals surface area contributed by atoms with Crippen molar-refractivity contribution < 1.29 is 67.1 Å². The number of thioether (sulfide) groups is 1. The van der Waals surface area contributed by atoms with Gasteiger partial charge in [-0.05, 0) is 110 Å². The molecule has 84 heavy (non-hydrogen) atoms. The zero-order chi connectivity index (χ0) is 60.9. The van der Waals surface area contributed by atoms with Gasteiger partial charge in [0.15, 0.2) is 0 Å². The third-order valence-electron chi connectivity index (χ3n) is 15.2. The topological polar surface area (TPSA) is 267 Å². The number of anilines is 1. The number of rotatable bonds is 23. The van der Waals surface area contributed by atoms with E-state index in [1.54, 1.807) is 67.6 Å². The number of hydrogen-bond donors (Lipinski definition) is 5. The molecule has 2 fully saturated rings. The summed E-state index contributed by atoms with van der Waals surface area (Å²) in [5, 5.41) is 17.7. The molecule has 19 nitrogen and oxygen atoms in total. The summed E-state index contributed by atoms with van der Waals surface area (Å²) in [6, 6.07) is 19.8.